The fourth-order valence-electron chi connectivity index (χ4n) is 3.79. The molecule has 134 valence electrons. The standard InChI is InChI=1S/C16H31N3O3S/c1-3-15(16(20)17-13-7-5-4-6-8-13)19-11-9-14(10-12-19)18-23(2,21)22/h13-15,18H,3-12H2,1-2H3,(H,17,20). The third-order valence-corrected chi connectivity index (χ3v) is 5.75. The van der Waals surface area contributed by atoms with E-state index in [9.17, 15) is 13.2 Å². The van der Waals surface area contributed by atoms with E-state index >= 15 is 0 Å². The van der Waals surface area contributed by atoms with Gasteiger partial charge in [0.2, 0.25) is 15.9 Å². The van der Waals surface area contributed by atoms with E-state index in [-0.39, 0.29) is 18.0 Å². The third-order valence-electron chi connectivity index (χ3n) is 4.99. The van der Waals surface area contributed by atoms with Gasteiger partial charge in [-0.1, -0.05) is 26.2 Å². The molecular weight excluding hydrogens is 314 g/mol. The molecule has 0 bridgehead atoms. The molecule has 2 fully saturated rings. The Morgan fingerprint density at radius 2 is 1.70 bits per heavy atom. The first-order chi connectivity index (χ1) is 10.9. The van der Waals surface area contributed by atoms with Crippen LogP contribution in [0.2, 0.25) is 0 Å². The molecule has 1 saturated heterocycles. The number of carbonyl (C=O) groups is 1. The van der Waals surface area contributed by atoms with Crippen molar-refractivity contribution in [2.45, 2.75) is 76.4 Å². The molecule has 7 heteroatoms. The smallest absolute Gasteiger partial charge is 0.237 e. The van der Waals surface area contributed by atoms with E-state index in [1.54, 1.807) is 0 Å². The minimum absolute atomic E-state index is 0.000150. The molecule has 0 aromatic heterocycles. The lowest BCUT2D eigenvalue weighted by Crippen LogP contribution is -2.54. The third kappa shape index (κ3) is 6.04. The summed E-state index contributed by atoms with van der Waals surface area (Å²) in [6, 6.07) is 0.256. The Morgan fingerprint density at radius 3 is 2.22 bits per heavy atom. The maximum Gasteiger partial charge on any atom is 0.237 e. The molecule has 2 N–H and O–H groups in total. The van der Waals surface area contributed by atoms with Gasteiger partial charge in [0.15, 0.2) is 0 Å². The average molecular weight is 346 g/mol. The van der Waals surface area contributed by atoms with Gasteiger partial charge in [0.05, 0.1) is 12.3 Å². The Labute approximate surface area is 140 Å². The van der Waals surface area contributed by atoms with Crippen molar-refractivity contribution >= 4 is 15.9 Å². The second kappa shape index (κ2) is 8.44. The summed E-state index contributed by atoms with van der Waals surface area (Å²) in [6.07, 6.45) is 9.43. The van der Waals surface area contributed by atoms with Crippen LogP contribution < -0.4 is 10.0 Å². The van der Waals surface area contributed by atoms with Crippen molar-refractivity contribution in [2.75, 3.05) is 19.3 Å². The molecule has 0 aromatic carbocycles. The van der Waals surface area contributed by atoms with Crippen LogP contribution >= 0.6 is 0 Å². The quantitative estimate of drug-likeness (QED) is 0.759. The fourth-order valence-corrected chi connectivity index (χ4v) is 4.63. The Morgan fingerprint density at radius 1 is 1.09 bits per heavy atom. The molecule has 1 heterocycles. The Kier molecular flexibility index (Phi) is 6.85. The van der Waals surface area contributed by atoms with Crippen LogP contribution in [-0.2, 0) is 14.8 Å². The zero-order chi connectivity index (χ0) is 16.9. The number of carbonyl (C=O) groups excluding carboxylic acids is 1. The number of sulfonamides is 1. The van der Waals surface area contributed by atoms with E-state index < -0.39 is 10.0 Å². The van der Waals surface area contributed by atoms with Gasteiger partial charge in [-0.2, -0.15) is 0 Å². The number of amides is 1. The molecule has 1 aliphatic heterocycles. The van der Waals surface area contributed by atoms with Crippen molar-refractivity contribution in [3.05, 3.63) is 0 Å². The van der Waals surface area contributed by atoms with Gasteiger partial charge < -0.3 is 5.32 Å². The van der Waals surface area contributed by atoms with Gasteiger partial charge in [-0.05, 0) is 32.1 Å². The maximum absolute atomic E-state index is 12.6. The van der Waals surface area contributed by atoms with Crippen LogP contribution in [0.5, 0.6) is 0 Å². The van der Waals surface area contributed by atoms with Gasteiger partial charge in [-0.25, -0.2) is 13.1 Å². The van der Waals surface area contributed by atoms with Crippen LogP contribution in [0, 0.1) is 0 Å². The molecule has 6 nitrogen and oxygen atoms in total. The van der Waals surface area contributed by atoms with E-state index in [0.717, 1.165) is 45.2 Å². The summed E-state index contributed by atoms with van der Waals surface area (Å²) in [4.78, 5) is 14.8. The molecular formula is C16H31N3O3S. The molecule has 2 rings (SSSR count). The topological polar surface area (TPSA) is 78.5 Å². The highest BCUT2D eigenvalue weighted by molar-refractivity contribution is 7.88. The molecule has 1 aliphatic carbocycles. The number of nitrogens with zero attached hydrogens (tertiary/aromatic N) is 1. The van der Waals surface area contributed by atoms with Gasteiger partial charge in [0.25, 0.3) is 0 Å². The first-order valence-electron chi connectivity index (χ1n) is 8.90. The summed E-state index contributed by atoms with van der Waals surface area (Å²) < 4.78 is 25.3. The van der Waals surface area contributed by atoms with E-state index in [2.05, 4.69) is 14.9 Å². The van der Waals surface area contributed by atoms with Crippen molar-refractivity contribution in [2.24, 2.45) is 0 Å². The van der Waals surface area contributed by atoms with Crippen LogP contribution in [0.4, 0.5) is 0 Å². The molecule has 0 spiro atoms. The molecule has 1 amide bonds. The van der Waals surface area contributed by atoms with Crippen molar-refractivity contribution in [3.63, 3.8) is 0 Å². The molecule has 0 aromatic rings. The fraction of sp³-hybridized carbons (Fsp3) is 0.938. The summed E-state index contributed by atoms with van der Waals surface area (Å²) >= 11 is 0. The molecule has 23 heavy (non-hydrogen) atoms. The van der Waals surface area contributed by atoms with Gasteiger partial charge in [0.1, 0.15) is 0 Å². The summed E-state index contributed by atoms with van der Waals surface area (Å²) in [5.74, 6) is 0.147. The lowest BCUT2D eigenvalue weighted by molar-refractivity contribution is -0.128. The van der Waals surface area contributed by atoms with Crippen molar-refractivity contribution < 1.29 is 13.2 Å². The molecule has 1 unspecified atom stereocenters. The van der Waals surface area contributed by atoms with E-state index in [0.29, 0.717) is 6.04 Å². The van der Waals surface area contributed by atoms with Crippen molar-refractivity contribution in [1.29, 1.82) is 0 Å². The van der Waals surface area contributed by atoms with Crippen LogP contribution in [0.25, 0.3) is 0 Å². The first kappa shape index (κ1) is 18.7. The number of hydrogen-bond donors (Lipinski definition) is 2. The van der Waals surface area contributed by atoms with Crippen LogP contribution in [0.3, 0.4) is 0 Å². The number of nitrogens with one attached hydrogen (secondary N) is 2. The second-order valence-electron chi connectivity index (χ2n) is 6.97. The highest BCUT2D eigenvalue weighted by Crippen LogP contribution is 2.19. The predicted octanol–water partition coefficient (Wildman–Crippen LogP) is 1.23. The SMILES string of the molecule is CCC(C(=O)NC1CCCCC1)N1CCC(NS(C)(=O)=O)CC1. The minimum atomic E-state index is -3.15. The van der Waals surface area contributed by atoms with Gasteiger partial charge in [-0.3, -0.25) is 9.69 Å². The minimum Gasteiger partial charge on any atom is -0.352 e. The highest BCUT2D eigenvalue weighted by atomic mass is 32.2. The molecule has 0 radical (unpaired) electrons. The first-order valence-corrected chi connectivity index (χ1v) is 10.8. The van der Waals surface area contributed by atoms with Crippen molar-refractivity contribution in [3.8, 4) is 0 Å². The highest BCUT2D eigenvalue weighted by Gasteiger charge is 2.30. The van der Waals surface area contributed by atoms with Gasteiger partial charge in [0, 0.05) is 25.2 Å². The predicted molar refractivity (Wildman–Crippen MR) is 91.7 cm³/mol. The zero-order valence-corrected chi connectivity index (χ0v) is 15.2. The maximum atomic E-state index is 12.6. The molecule has 1 saturated carbocycles. The summed E-state index contributed by atoms with van der Waals surface area (Å²) in [5, 5.41) is 3.22. The van der Waals surface area contributed by atoms with E-state index in [1.807, 2.05) is 6.92 Å². The van der Waals surface area contributed by atoms with Crippen LogP contribution in [-0.4, -0.2) is 56.7 Å². The van der Waals surface area contributed by atoms with Gasteiger partial charge >= 0.3 is 0 Å². The van der Waals surface area contributed by atoms with Crippen LogP contribution in [0.1, 0.15) is 58.3 Å². The average Bonchev–Trinajstić information content (AvgIpc) is 2.49. The molecule has 1 atom stereocenters. The zero-order valence-electron chi connectivity index (χ0n) is 14.4. The summed E-state index contributed by atoms with van der Waals surface area (Å²) in [5.41, 5.74) is 0. The lowest BCUT2D eigenvalue weighted by Gasteiger charge is -2.37. The van der Waals surface area contributed by atoms with Crippen molar-refractivity contribution in [1.82, 2.24) is 14.9 Å². The summed E-state index contributed by atoms with van der Waals surface area (Å²) in [6.45, 7) is 3.58. The van der Waals surface area contributed by atoms with E-state index in [1.165, 1.54) is 25.5 Å². The monoisotopic (exact) mass is 345 g/mol. The molecule has 2 aliphatic rings. The number of likely N-dealkylation sites (tertiary alicyclic amines) is 1. The lowest BCUT2D eigenvalue weighted by atomic mass is 9.95. The van der Waals surface area contributed by atoms with E-state index in [4.69, 9.17) is 0 Å². The normalized spacial score (nSPS) is 23.6. The Balaban J connectivity index is 1.82. The summed E-state index contributed by atoms with van der Waals surface area (Å²) in [7, 11) is -3.15. The number of piperidine rings is 1. The number of rotatable bonds is 6. The Hall–Kier alpha value is -0.660. The van der Waals surface area contributed by atoms with Gasteiger partial charge in [-0.15, -0.1) is 0 Å². The number of hydrogen-bond acceptors (Lipinski definition) is 4. The van der Waals surface area contributed by atoms with Crippen LogP contribution in [0.15, 0.2) is 0 Å². The largest absolute Gasteiger partial charge is 0.352 e. The Bertz CT molecular complexity index is 481. The second-order valence-corrected chi connectivity index (χ2v) is 8.75.